The van der Waals surface area contributed by atoms with E-state index >= 15 is 0 Å². The van der Waals surface area contributed by atoms with E-state index in [4.69, 9.17) is 27.9 Å². The lowest BCUT2D eigenvalue weighted by molar-refractivity contribution is -0.112. The normalized spacial score (nSPS) is 11.0. The van der Waals surface area contributed by atoms with Gasteiger partial charge in [-0.2, -0.15) is 5.26 Å². The number of aryl methyl sites for hydroxylation is 1. The molecule has 0 spiro atoms. The Morgan fingerprint density at radius 3 is 2.42 bits per heavy atom. The van der Waals surface area contributed by atoms with Crippen molar-refractivity contribution in [1.82, 2.24) is 0 Å². The van der Waals surface area contributed by atoms with E-state index in [1.807, 2.05) is 25.1 Å². The van der Waals surface area contributed by atoms with Crippen molar-refractivity contribution in [3.63, 3.8) is 0 Å². The van der Waals surface area contributed by atoms with Crippen LogP contribution in [-0.4, -0.2) is 5.91 Å². The Balaban J connectivity index is 1.76. The molecule has 3 aromatic carbocycles. The predicted molar refractivity (Wildman–Crippen MR) is 121 cm³/mol. The van der Waals surface area contributed by atoms with Crippen LogP contribution in [0.15, 0.2) is 66.2 Å². The summed E-state index contributed by atoms with van der Waals surface area (Å²) >= 11 is 12.6. The molecule has 0 heterocycles. The maximum atomic E-state index is 13.3. The van der Waals surface area contributed by atoms with Crippen LogP contribution in [0.2, 0.25) is 10.0 Å². The molecule has 31 heavy (non-hydrogen) atoms. The van der Waals surface area contributed by atoms with E-state index in [-0.39, 0.29) is 33.8 Å². The first-order chi connectivity index (χ1) is 14.9. The minimum atomic E-state index is -0.551. The first-order valence-electron chi connectivity index (χ1n) is 9.22. The van der Waals surface area contributed by atoms with Gasteiger partial charge in [0.05, 0.1) is 10.0 Å². The molecule has 0 bridgehead atoms. The molecule has 0 aliphatic carbocycles. The van der Waals surface area contributed by atoms with Crippen molar-refractivity contribution in [2.24, 2.45) is 0 Å². The number of hydrogen-bond donors (Lipinski definition) is 1. The molecule has 0 unspecified atom stereocenters. The minimum absolute atomic E-state index is 0.0782. The highest BCUT2D eigenvalue weighted by Gasteiger charge is 2.13. The summed E-state index contributed by atoms with van der Waals surface area (Å²) < 4.78 is 18.9. The van der Waals surface area contributed by atoms with Crippen LogP contribution in [0.5, 0.6) is 5.75 Å². The number of carbonyl (C=O) groups is 1. The number of carbonyl (C=O) groups excluding carboxylic acids is 1. The summed E-state index contributed by atoms with van der Waals surface area (Å²) in [5.74, 6) is -0.691. The summed E-state index contributed by atoms with van der Waals surface area (Å²) in [6, 6.07) is 18.1. The molecule has 0 radical (unpaired) electrons. The van der Waals surface area contributed by atoms with Crippen molar-refractivity contribution >= 4 is 40.9 Å². The highest BCUT2D eigenvalue weighted by atomic mass is 35.5. The molecule has 0 aliphatic heterocycles. The highest BCUT2D eigenvalue weighted by Crippen LogP contribution is 2.35. The topological polar surface area (TPSA) is 62.1 Å². The molecule has 0 atom stereocenters. The maximum absolute atomic E-state index is 13.3. The summed E-state index contributed by atoms with van der Waals surface area (Å²) in [6.07, 6.45) is 1.39. The molecule has 0 aromatic heterocycles. The van der Waals surface area contributed by atoms with Crippen molar-refractivity contribution in [2.45, 2.75) is 13.5 Å². The second-order valence-electron chi connectivity index (χ2n) is 6.72. The Kier molecular flexibility index (Phi) is 7.30. The minimum Gasteiger partial charge on any atom is -0.486 e. The summed E-state index contributed by atoms with van der Waals surface area (Å²) in [6.45, 7) is 2.01. The fraction of sp³-hybridized carbons (Fsp3) is 0.0833. The van der Waals surface area contributed by atoms with Crippen molar-refractivity contribution < 1.29 is 13.9 Å². The third kappa shape index (κ3) is 6.08. The van der Waals surface area contributed by atoms with Gasteiger partial charge in [-0.05, 0) is 60.5 Å². The van der Waals surface area contributed by atoms with Crippen LogP contribution in [0.25, 0.3) is 6.08 Å². The number of nitrogens with zero attached hydrogens (tertiary/aromatic N) is 1. The number of hydrogen-bond acceptors (Lipinski definition) is 3. The van der Waals surface area contributed by atoms with Gasteiger partial charge in [0.25, 0.3) is 5.91 Å². The summed E-state index contributed by atoms with van der Waals surface area (Å²) in [5.41, 5.74) is 2.60. The van der Waals surface area contributed by atoms with Crippen LogP contribution >= 0.6 is 23.2 Å². The van der Waals surface area contributed by atoms with Crippen molar-refractivity contribution in [2.75, 3.05) is 5.32 Å². The zero-order chi connectivity index (χ0) is 22.4. The van der Waals surface area contributed by atoms with Gasteiger partial charge in [-0.1, -0.05) is 53.0 Å². The second kappa shape index (κ2) is 10.1. The molecule has 0 saturated heterocycles. The van der Waals surface area contributed by atoms with Crippen LogP contribution in [0.4, 0.5) is 10.1 Å². The van der Waals surface area contributed by atoms with E-state index in [0.717, 1.165) is 5.56 Å². The van der Waals surface area contributed by atoms with Gasteiger partial charge in [0.1, 0.15) is 24.1 Å². The van der Waals surface area contributed by atoms with E-state index < -0.39 is 5.91 Å². The molecule has 0 fully saturated rings. The quantitative estimate of drug-likeness (QED) is 0.338. The predicted octanol–water partition coefficient (Wildman–Crippen LogP) is 6.57. The van der Waals surface area contributed by atoms with Crippen molar-refractivity contribution in [3.05, 3.63) is 98.8 Å². The molecule has 1 amide bonds. The Morgan fingerprint density at radius 1 is 1.13 bits per heavy atom. The lowest BCUT2D eigenvalue weighted by atomic mass is 10.1. The Hall–Kier alpha value is -3.33. The van der Waals surface area contributed by atoms with Crippen molar-refractivity contribution in [1.29, 1.82) is 5.26 Å². The van der Waals surface area contributed by atoms with E-state index in [1.54, 1.807) is 24.3 Å². The van der Waals surface area contributed by atoms with Gasteiger partial charge in [-0.15, -0.1) is 0 Å². The number of ether oxygens (including phenoxy) is 1. The number of rotatable bonds is 6. The van der Waals surface area contributed by atoms with Crippen LogP contribution in [0.3, 0.4) is 0 Å². The van der Waals surface area contributed by atoms with Gasteiger partial charge >= 0.3 is 0 Å². The highest BCUT2D eigenvalue weighted by molar-refractivity contribution is 6.37. The first-order valence-corrected chi connectivity index (χ1v) is 9.97. The number of nitriles is 1. The SMILES string of the molecule is Cc1ccc(NC(=O)/C(C#N)=C/c2cc(Cl)c(OCc3cccc(F)c3)c(Cl)c2)cc1. The van der Waals surface area contributed by atoms with Gasteiger partial charge in [-0.25, -0.2) is 4.39 Å². The molecular weight excluding hydrogens is 438 g/mol. The van der Waals surface area contributed by atoms with E-state index in [0.29, 0.717) is 16.8 Å². The average Bonchev–Trinajstić information content (AvgIpc) is 2.73. The fourth-order valence-corrected chi connectivity index (χ4v) is 3.35. The first kappa shape index (κ1) is 22.4. The Labute approximate surface area is 189 Å². The van der Waals surface area contributed by atoms with Gasteiger partial charge < -0.3 is 10.1 Å². The molecule has 3 rings (SSSR count). The van der Waals surface area contributed by atoms with Gasteiger partial charge in [0.15, 0.2) is 5.75 Å². The van der Waals surface area contributed by atoms with Crippen molar-refractivity contribution in [3.8, 4) is 11.8 Å². The third-order valence-electron chi connectivity index (χ3n) is 4.28. The molecule has 0 saturated carbocycles. The second-order valence-corrected chi connectivity index (χ2v) is 7.54. The molecule has 156 valence electrons. The van der Waals surface area contributed by atoms with E-state index in [1.165, 1.54) is 30.3 Å². The number of amides is 1. The zero-order valence-electron chi connectivity index (χ0n) is 16.5. The van der Waals surface area contributed by atoms with Gasteiger partial charge in [0, 0.05) is 5.69 Å². The monoisotopic (exact) mass is 454 g/mol. The molecular formula is C24H17Cl2FN2O2. The average molecular weight is 455 g/mol. The summed E-state index contributed by atoms with van der Waals surface area (Å²) in [5, 5.41) is 12.5. The lowest BCUT2D eigenvalue weighted by Gasteiger charge is -2.11. The van der Waals surface area contributed by atoms with Gasteiger partial charge in [-0.3, -0.25) is 4.79 Å². The molecule has 7 heteroatoms. The number of anilines is 1. The maximum Gasteiger partial charge on any atom is 0.266 e. The number of benzene rings is 3. The fourth-order valence-electron chi connectivity index (χ4n) is 2.73. The standard InChI is InChI=1S/C24H17Cl2FN2O2/c1-15-5-7-20(8-6-15)29-24(30)18(13-28)9-17-11-21(25)23(22(26)12-17)31-14-16-3-2-4-19(27)10-16/h2-12H,14H2,1H3,(H,29,30)/b18-9+. The van der Waals surface area contributed by atoms with E-state index in [9.17, 15) is 14.4 Å². The van der Waals surface area contributed by atoms with Crippen LogP contribution in [0, 0.1) is 24.1 Å². The van der Waals surface area contributed by atoms with Crippen LogP contribution in [-0.2, 0) is 11.4 Å². The molecule has 0 aliphatic rings. The summed E-state index contributed by atoms with van der Waals surface area (Å²) in [7, 11) is 0. The molecule has 3 aromatic rings. The Bertz CT molecular complexity index is 1160. The van der Waals surface area contributed by atoms with Crippen LogP contribution < -0.4 is 10.1 Å². The largest absolute Gasteiger partial charge is 0.486 e. The Morgan fingerprint density at radius 2 is 1.81 bits per heavy atom. The summed E-state index contributed by atoms with van der Waals surface area (Å²) in [4.78, 5) is 12.4. The van der Waals surface area contributed by atoms with Gasteiger partial charge in [0.2, 0.25) is 0 Å². The smallest absolute Gasteiger partial charge is 0.266 e. The van der Waals surface area contributed by atoms with Crippen LogP contribution in [0.1, 0.15) is 16.7 Å². The number of nitrogens with one attached hydrogen (secondary N) is 1. The zero-order valence-corrected chi connectivity index (χ0v) is 18.0. The third-order valence-corrected chi connectivity index (χ3v) is 4.84. The molecule has 1 N–H and O–H groups in total. The lowest BCUT2D eigenvalue weighted by Crippen LogP contribution is -2.13. The molecule has 4 nitrogen and oxygen atoms in total. The number of halogens is 3. The van der Waals surface area contributed by atoms with E-state index in [2.05, 4.69) is 5.32 Å².